The fourth-order valence-corrected chi connectivity index (χ4v) is 2.62. The maximum Gasteiger partial charge on any atom is 0.303 e. The van der Waals surface area contributed by atoms with Gasteiger partial charge in [-0.15, -0.1) is 0 Å². The van der Waals surface area contributed by atoms with E-state index in [2.05, 4.69) is 18.2 Å². The molecule has 0 heterocycles. The summed E-state index contributed by atoms with van der Waals surface area (Å²) >= 11 is 0. The predicted octanol–water partition coefficient (Wildman–Crippen LogP) is 3.24. The molecule has 1 aliphatic rings. The van der Waals surface area contributed by atoms with Gasteiger partial charge in [0.25, 0.3) is 0 Å². The van der Waals surface area contributed by atoms with Gasteiger partial charge in [0.1, 0.15) is 0 Å². The Morgan fingerprint density at radius 1 is 1.25 bits per heavy atom. The summed E-state index contributed by atoms with van der Waals surface area (Å²) in [5, 5.41) is 8.74. The van der Waals surface area contributed by atoms with Crippen LogP contribution in [0.25, 0.3) is 0 Å². The van der Waals surface area contributed by atoms with Crippen molar-refractivity contribution < 1.29 is 9.90 Å². The Balaban J connectivity index is 1.88. The first-order valence-corrected chi connectivity index (χ1v) is 5.93. The van der Waals surface area contributed by atoms with Crippen LogP contribution in [0.2, 0.25) is 0 Å². The fourth-order valence-electron chi connectivity index (χ4n) is 2.62. The quantitative estimate of drug-likeness (QED) is 0.844. The molecule has 1 fully saturated rings. The van der Waals surface area contributed by atoms with Crippen LogP contribution in [0.3, 0.4) is 0 Å². The summed E-state index contributed by atoms with van der Waals surface area (Å²) < 4.78 is 0. The molecule has 2 heteroatoms. The SMILES string of the molecule is O=C(O)CC1CCC(c2cc[c]cc2)CC1. The molecule has 2 nitrogen and oxygen atoms in total. The van der Waals surface area contributed by atoms with Crippen LogP contribution in [0.5, 0.6) is 0 Å². The average molecular weight is 217 g/mol. The lowest BCUT2D eigenvalue weighted by atomic mass is 9.77. The van der Waals surface area contributed by atoms with Gasteiger partial charge in [-0.3, -0.25) is 4.79 Å². The molecule has 0 amide bonds. The molecule has 1 saturated carbocycles. The molecule has 1 N–H and O–H groups in total. The van der Waals surface area contributed by atoms with E-state index in [1.807, 2.05) is 12.1 Å². The zero-order chi connectivity index (χ0) is 11.4. The third kappa shape index (κ3) is 2.84. The van der Waals surface area contributed by atoms with E-state index < -0.39 is 5.97 Å². The van der Waals surface area contributed by atoms with E-state index in [9.17, 15) is 4.79 Å². The highest BCUT2D eigenvalue weighted by molar-refractivity contribution is 5.67. The van der Waals surface area contributed by atoms with E-state index >= 15 is 0 Å². The summed E-state index contributed by atoms with van der Waals surface area (Å²) in [6.07, 6.45) is 4.70. The minimum absolute atomic E-state index is 0.343. The van der Waals surface area contributed by atoms with Crippen LogP contribution in [0.4, 0.5) is 0 Å². The minimum atomic E-state index is -0.655. The molecule has 0 atom stereocenters. The third-order valence-electron chi connectivity index (χ3n) is 3.53. The maximum absolute atomic E-state index is 10.6. The number of hydrogen-bond donors (Lipinski definition) is 1. The van der Waals surface area contributed by atoms with E-state index in [1.54, 1.807) is 0 Å². The Morgan fingerprint density at radius 3 is 2.44 bits per heavy atom. The molecule has 1 aliphatic carbocycles. The fraction of sp³-hybridized carbons (Fsp3) is 0.500. The lowest BCUT2D eigenvalue weighted by Gasteiger charge is -2.27. The highest BCUT2D eigenvalue weighted by Gasteiger charge is 2.23. The highest BCUT2D eigenvalue weighted by Crippen LogP contribution is 2.36. The Kier molecular flexibility index (Phi) is 3.60. The summed E-state index contributed by atoms with van der Waals surface area (Å²) in [5.74, 6) is 0.362. The Morgan fingerprint density at radius 2 is 1.88 bits per heavy atom. The number of rotatable bonds is 3. The number of aliphatic carboxylic acids is 1. The second-order valence-electron chi connectivity index (χ2n) is 4.65. The molecule has 85 valence electrons. The van der Waals surface area contributed by atoms with E-state index in [0.717, 1.165) is 25.7 Å². The zero-order valence-corrected chi connectivity index (χ0v) is 9.36. The topological polar surface area (TPSA) is 37.3 Å². The van der Waals surface area contributed by atoms with Crippen LogP contribution < -0.4 is 0 Å². The standard InChI is InChI=1S/C14H17O2/c15-14(16)10-11-6-8-13(9-7-11)12-4-2-1-3-5-12/h2-5,11,13H,6-10H2,(H,15,16). The van der Waals surface area contributed by atoms with Gasteiger partial charge in [-0.25, -0.2) is 0 Å². The van der Waals surface area contributed by atoms with Gasteiger partial charge >= 0.3 is 5.97 Å². The van der Waals surface area contributed by atoms with Crippen molar-refractivity contribution in [3.05, 3.63) is 35.9 Å². The Hall–Kier alpha value is -1.31. The van der Waals surface area contributed by atoms with Gasteiger partial charge in [-0.2, -0.15) is 0 Å². The van der Waals surface area contributed by atoms with Gasteiger partial charge < -0.3 is 5.11 Å². The van der Waals surface area contributed by atoms with Crippen LogP contribution in [0.1, 0.15) is 43.6 Å². The van der Waals surface area contributed by atoms with Crippen molar-refractivity contribution in [2.75, 3.05) is 0 Å². The average Bonchev–Trinajstić information content (AvgIpc) is 2.30. The molecule has 1 aromatic carbocycles. The lowest BCUT2D eigenvalue weighted by molar-refractivity contribution is -0.138. The summed E-state index contributed by atoms with van der Waals surface area (Å²) in [4.78, 5) is 10.6. The molecular weight excluding hydrogens is 200 g/mol. The molecule has 0 aliphatic heterocycles. The van der Waals surface area contributed by atoms with Gasteiger partial charge in [-0.05, 0) is 49.1 Å². The number of carboxylic acids is 1. The second kappa shape index (κ2) is 5.15. The van der Waals surface area contributed by atoms with Gasteiger partial charge in [0.05, 0.1) is 0 Å². The normalized spacial score (nSPS) is 25.2. The maximum atomic E-state index is 10.6. The van der Waals surface area contributed by atoms with Crippen LogP contribution >= 0.6 is 0 Å². The largest absolute Gasteiger partial charge is 0.481 e. The van der Waals surface area contributed by atoms with E-state index in [4.69, 9.17) is 5.11 Å². The Labute approximate surface area is 96.3 Å². The lowest BCUT2D eigenvalue weighted by Crippen LogP contribution is -2.16. The molecule has 1 aromatic rings. The van der Waals surface area contributed by atoms with Gasteiger partial charge in [0, 0.05) is 6.42 Å². The molecule has 0 aromatic heterocycles. The first-order valence-electron chi connectivity index (χ1n) is 5.93. The second-order valence-corrected chi connectivity index (χ2v) is 4.65. The van der Waals surface area contributed by atoms with E-state index in [1.165, 1.54) is 5.56 Å². The molecule has 16 heavy (non-hydrogen) atoms. The molecule has 1 radical (unpaired) electrons. The van der Waals surface area contributed by atoms with Crippen molar-refractivity contribution in [2.45, 2.75) is 38.0 Å². The molecular formula is C14H17O2. The number of carbonyl (C=O) groups is 1. The van der Waals surface area contributed by atoms with Gasteiger partial charge in [0.15, 0.2) is 0 Å². The van der Waals surface area contributed by atoms with Crippen molar-refractivity contribution in [3.8, 4) is 0 Å². The van der Waals surface area contributed by atoms with Crippen molar-refractivity contribution in [1.82, 2.24) is 0 Å². The zero-order valence-electron chi connectivity index (χ0n) is 9.36. The molecule has 0 spiro atoms. The Bertz CT molecular complexity index is 337. The van der Waals surface area contributed by atoms with Crippen LogP contribution in [0.15, 0.2) is 24.3 Å². The third-order valence-corrected chi connectivity index (χ3v) is 3.53. The smallest absolute Gasteiger partial charge is 0.303 e. The molecule has 0 saturated heterocycles. The van der Waals surface area contributed by atoms with Gasteiger partial charge in [0.2, 0.25) is 0 Å². The summed E-state index contributed by atoms with van der Waals surface area (Å²) in [7, 11) is 0. The van der Waals surface area contributed by atoms with Crippen molar-refractivity contribution in [1.29, 1.82) is 0 Å². The first-order chi connectivity index (χ1) is 7.75. The number of hydrogen-bond acceptors (Lipinski definition) is 1. The number of carboxylic acid groups (broad SMARTS) is 1. The molecule has 0 bridgehead atoms. The minimum Gasteiger partial charge on any atom is -0.481 e. The monoisotopic (exact) mass is 217 g/mol. The van der Waals surface area contributed by atoms with Crippen molar-refractivity contribution in [2.24, 2.45) is 5.92 Å². The van der Waals surface area contributed by atoms with E-state index in [-0.39, 0.29) is 0 Å². The van der Waals surface area contributed by atoms with Crippen LogP contribution in [-0.4, -0.2) is 11.1 Å². The number of benzene rings is 1. The summed E-state index contributed by atoms with van der Waals surface area (Å²) in [5.41, 5.74) is 1.38. The first kappa shape index (κ1) is 11.2. The highest BCUT2D eigenvalue weighted by atomic mass is 16.4. The summed E-state index contributed by atoms with van der Waals surface area (Å²) in [6.45, 7) is 0. The van der Waals surface area contributed by atoms with Crippen molar-refractivity contribution in [3.63, 3.8) is 0 Å². The summed E-state index contributed by atoms with van der Waals surface area (Å²) in [6, 6.07) is 11.2. The molecule has 0 unspecified atom stereocenters. The predicted molar refractivity (Wildman–Crippen MR) is 62.2 cm³/mol. The van der Waals surface area contributed by atoms with E-state index in [0.29, 0.717) is 18.3 Å². The molecule has 2 rings (SSSR count). The van der Waals surface area contributed by atoms with Gasteiger partial charge in [-0.1, -0.05) is 24.3 Å². The van der Waals surface area contributed by atoms with Crippen molar-refractivity contribution >= 4 is 5.97 Å². The van der Waals surface area contributed by atoms with Crippen LogP contribution in [-0.2, 0) is 4.79 Å². The van der Waals surface area contributed by atoms with Crippen LogP contribution in [0, 0.1) is 12.0 Å².